The smallest absolute Gasteiger partial charge is 0.0103 e. The topological polar surface area (TPSA) is 0 Å². The minimum Gasteiger partial charge on any atom is -0.0588 e. The van der Waals surface area contributed by atoms with Crippen LogP contribution in [0, 0.1) is 27.7 Å². The Kier molecular flexibility index (Phi) is 6.37. The zero-order valence-electron chi connectivity index (χ0n) is 18.3. The first-order valence-corrected chi connectivity index (χ1v) is 10.2. The van der Waals surface area contributed by atoms with Crippen LogP contribution in [0.15, 0.2) is 36.4 Å². The lowest BCUT2D eigenvalue weighted by molar-refractivity contribution is 0.403. The first-order valence-electron chi connectivity index (χ1n) is 10.2. The van der Waals surface area contributed by atoms with E-state index in [1.807, 2.05) is 0 Å². The van der Waals surface area contributed by atoms with Gasteiger partial charge in [-0.15, -0.1) is 0 Å². The van der Waals surface area contributed by atoms with Gasteiger partial charge >= 0.3 is 0 Å². The van der Waals surface area contributed by atoms with Gasteiger partial charge in [0.15, 0.2) is 0 Å². The summed E-state index contributed by atoms with van der Waals surface area (Å²) in [6.45, 7) is 18.4. The van der Waals surface area contributed by atoms with E-state index in [1.165, 1.54) is 59.1 Å². The number of benzene rings is 2. The third-order valence-corrected chi connectivity index (χ3v) is 6.43. The van der Waals surface area contributed by atoms with Gasteiger partial charge in [-0.1, -0.05) is 76.9 Å². The van der Waals surface area contributed by atoms with E-state index in [0.29, 0.717) is 0 Å². The minimum atomic E-state index is 0.253. The van der Waals surface area contributed by atoms with Crippen molar-refractivity contribution in [2.75, 3.05) is 0 Å². The molecule has 0 aliphatic rings. The molecule has 0 aromatic heterocycles. The highest BCUT2D eigenvalue weighted by Crippen LogP contribution is 2.34. The molecule has 0 bridgehead atoms. The summed E-state index contributed by atoms with van der Waals surface area (Å²) in [6, 6.07) is 14.0. The molecular formula is C26H38. The second-order valence-electron chi connectivity index (χ2n) is 9.57. The van der Waals surface area contributed by atoms with E-state index in [1.54, 1.807) is 0 Å². The molecule has 0 spiro atoms. The molecule has 26 heavy (non-hydrogen) atoms. The van der Waals surface area contributed by atoms with E-state index in [4.69, 9.17) is 0 Å². The molecule has 0 atom stereocenters. The quantitative estimate of drug-likeness (QED) is 0.448. The van der Waals surface area contributed by atoms with Crippen molar-refractivity contribution in [1.82, 2.24) is 0 Å². The summed E-state index contributed by atoms with van der Waals surface area (Å²) in [5, 5.41) is 0. The lowest BCUT2D eigenvalue weighted by atomic mass is 9.76. The third-order valence-electron chi connectivity index (χ3n) is 6.43. The molecule has 0 heterocycles. The Bertz CT molecular complexity index is 681. The maximum absolute atomic E-state index is 2.39. The summed E-state index contributed by atoms with van der Waals surface area (Å²) in [5.41, 5.74) is 9.06. The molecule has 0 heteroatoms. The van der Waals surface area contributed by atoms with Crippen LogP contribution in [-0.4, -0.2) is 0 Å². The average molecular weight is 351 g/mol. The second kappa shape index (κ2) is 7.99. The van der Waals surface area contributed by atoms with Crippen molar-refractivity contribution in [1.29, 1.82) is 0 Å². The number of unbranched alkanes of at least 4 members (excludes halogenated alkanes) is 1. The SMILES string of the molecule is Cc1ccc(C(C)(C)CCCCC(C)(C)c2ccc(C)c(C)c2)cc1C. The van der Waals surface area contributed by atoms with Crippen molar-refractivity contribution < 1.29 is 0 Å². The standard InChI is InChI=1S/C26H38/c1-19-11-13-23(17-21(19)3)25(5,6)15-9-10-16-26(7,8)24-14-12-20(2)22(4)18-24/h11-14,17-18H,9-10,15-16H2,1-8H3. The molecule has 0 saturated heterocycles. The van der Waals surface area contributed by atoms with E-state index >= 15 is 0 Å². The molecule has 0 aliphatic heterocycles. The van der Waals surface area contributed by atoms with Gasteiger partial charge in [-0.3, -0.25) is 0 Å². The van der Waals surface area contributed by atoms with Crippen molar-refractivity contribution in [3.05, 3.63) is 69.8 Å². The van der Waals surface area contributed by atoms with Gasteiger partial charge in [0.1, 0.15) is 0 Å². The van der Waals surface area contributed by atoms with E-state index in [0.717, 1.165) is 0 Å². The summed E-state index contributed by atoms with van der Waals surface area (Å²) in [4.78, 5) is 0. The van der Waals surface area contributed by atoms with Gasteiger partial charge in [0, 0.05) is 0 Å². The molecule has 0 aliphatic carbocycles. The summed E-state index contributed by atoms with van der Waals surface area (Å²) in [6.07, 6.45) is 5.07. The van der Waals surface area contributed by atoms with Crippen LogP contribution >= 0.6 is 0 Å². The molecule has 0 unspecified atom stereocenters. The second-order valence-corrected chi connectivity index (χ2v) is 9.57. The van der Waals surface area contributed by atoms with Gasteiger partial charge in [0.2, 0.25) is 0 Å². The number of hydrogen-bond donors (Lipinski definition) is 0. The van der Waals surface area contributed by atoms with Crippen LogP contribution < -0.4 is 0 Å². The molecule has 0 N–H and O–H groups in total. The molecule has 0 radical (unpaired) electrons. The molecule has 0 nitrogen and oxygen atoms in total. The van der Waals surface area contributed by atoms with Crippen LogP contribution in [0.4, 0.5) is 0 Å². The predicted octanol–water partition coefficient (Wildman–Crippen LogP) is 7.74. The van der Waals surface area contributed by atoms with Crippen LogP contribution in [0.1, 0.15) is 86.8 Å². The highest BCUT2D eigenvalue weighted by Gasteiger charge is 2.23. The molecule has 0 amide bonds. The minimum absolute atomic E-state index is 0.253. The Hall–Kier alpha value is -1.56. The summed E-state index contributed by atoms with van der Waals surface area (Å²) >= 11 is 0. The Morgan fingerprint density at radius 3 is 1.19 bits per heavy atom. The monoisotopic (exact) mass is 350 g/mol. The molecule has 0 saturated carbocycles. The molecule has 2 aromatic rings. The highest BCUT2D eigenvalue weighted by atomic mass is 14.3. The average Bonchev–Trinajstić information content (AvgIpc) is 2.56. The van der Waals surface area contributed by atoms with Crippen LogP contribution in [-0.2, 0) is 10.8 Å². The Labute approximate surface area is 162 Å². The number of aryl methyl sites for hydroxylation is 4. The first-order chi connectivity index (χ1) is 12.0. The van der Waals surface area contributed by atoms with Gasteiger partial charge in [0.05, 0.1) is 0 Å². The lowest BCUT2D eigenvalue weighted by Crippen LogP contribution is -2.19. The number of hydrogen-bond acceptors (Lipinski definition) is 0. The molecule has 2 rings (SSSR count). The fourth-order valence-corrected chi connectivity index (χ4v) is 3.75. The molecule has 142 valence electrons. The maximum Gasteiger partial charge on any atom is -0.0103 e. The van der Waals surface area contributed by atoms with Crippen molar-refractivity contribution in [3.8, 4) is 0 Å². The van der Waals surface area contributed by atoms with Gasteiger partial charge < -0.3 is 0 Å². The summed E-state index contributed by atoms with van der Waals surface area (Å²) in [5.74, 6) is 0. The third kappa shape index (κ3) is 5.00. The Balaban J connectivity index is 1.94. The van der Waals surface area contributed by atoms with Crippen molar-refractivity contribution in [2.24, 2.45) is 0 Å². The highest BCUT2D eigenvalue weighted by molar-refractivity contribution is 5.35. The van der Waals surface area contributed by atoms with E-state index in [9.17, 15) is 0 Å². The fourth-order valence-electron chi connectivity index (χ4n) is 3.75. The summed E-state index contributed by atoms with van der Waals surface area (Å²) in [7, 11) is 0. The molecular weight excluding hydrogens is 312 g/mol. The van der Waals surface area contributed by atoms with Gasteiger partial charge in [0.25, 0.3) is 0 Å². The van der Waals surface area contributed by atoms with Gasteiger partial charge in [-0.25, -0.2) is 0 Å². The first kappa shape index (κ1) is 20.7. The largest absolute Gasteiger partial charge is 0.0588 e. The predicted molar refractivity (Wildman–Crippen MR) is 116 cm³/mol. The van der Waals surface area contributed by atoms with Crippen LogP contribution in [0.25, 0.3) is 0 Å². The van der Waals surface area contributed by atoms with E-state index < -0.39 is 0 Å². The van der Waals surface area contributed by atoms with Crippen molar-refractivity contribution in [2.45, 2.75) is 91.9 Å². The summed E-state index contributed by atoms with van der Waals surface area (Å²) < 4.78 is 0. The van der Waals surface area contributed by atoms with E-state index in [2.05, 4.69) is 91.8 Å². The van der Waals surface area contributed by atoms with Crippen molar-refractivity contribution >= 4 is 0 Å². The van der Waals surface area contributed by atoms with Gasteiger partial charge in [-0.05, 0) is 84.7 Å². The molecule has 2 aromatic carbocycles. The Morgan fingerprint density at radius 1 is 0.538 bits per heavy atom. The van der Waals surface area contributed by atoms with E-state index in [-0.39, 0.29) is 10.8 Å². The van der Waals surface area contributed by atoms with Crippen LogP contribution in [0.5, 0.6) is 0 Å². The maximum atomic E-state index is 2.39. The van der Waals surface area contributed by atoms with Gasteiger partial charge in [-0.2, -0.15) is 0 Å². The zero-order valence-corrected chi connectivity index (χ0v) is 18.3. The number of rotatable bonds is 7. The molecule has 0 fully saturated rings. The fraction of sp³-hybridized carbons (Fsp3) is 0.538. The lowest BCUT2D eigenvalue weighted by Gasteiger charge is -2.29. The Morgan fingerprint density at radius 2 is 0.885 bits per heavy atom. The van der Waals surface area contributed by atoms with Crippen LogP contribution in [0.3, 0.4) is 0 Å². The van der Waals surface area contributed by atoms with Crippen molar-refractivity contribution in [3.63, 3.8) is 0 Å². The zero-order chi connectivity index (χ0) is 19.5. The normalized spacial score (nSPS) is 12.5. The van der Waals surface area contributed by atoms with Crippen LogP contribution in [0.2, 0.25) is 0 Å².